The molecule has 0 bridgehead atoms. The molecule has 17 heavy (non-hydrogen) atoms. The summed E-state index contributed by atoms with van der Waals surface area (Å²) in [4.78, 5) is 20.5. The van der Waals surface area contributed by atoms with Crippen molar-refractivity contribution < 1.29 is 4.79 Å². The van der Waals surface area contributed by atoms with Gasteiger partial charge in [0.15, 0.2) is 0 Å². The van der Waals surface area contributed by atoms with Crippen molar-refractivity contribution in [2.45, 2.75) is 6.42 Å². The minimum Gasteiger partial charge on any atom is -0.296 e. The van der Waals surface area contributed by atoms with Gasteiger partial charge in [-0.25, -0.2) is 4.98 Å². The molecule has 1 aromatic rings. The normalized spacial score (nSPS) is 19.2. The second-order valence-electron chi connectivity index (χ2n) is 3.80. The Labute approximate surface area is 112 Å². The molecule has 1 aromatic heterocycles. The van der Waals surface area contributed by atoms with E-state index in [1.165, 1.54) is 0 Å². The number of anilines is 1. The monoisotopic (exact) mass is 343 g/mol. The van der Waals surface area contributed by atoms with Gasteiger partial charge in [-0.3, -0.25) is 9.69 Å². The van der Waals surface area contributed by atoms with Crippen LogP contribution in [-0.4, -0.2) is 24.0 Å². The Hall–Kier alpha value is -1.34. The maximum Gasteiger partial charge on any atom is 0.228 e. The van der Waals surface area contributed by atoms with Crippen LogP contribution in [0, 0.1) is 9.49 Å². The summed E-state index contributed by atoms with van der Waals surface area (Å²) in [6.45, 7) is 0.938. The molecule has 1 aliphatic rings. The molecule has 1 fully saturated rings. The summed E-state index contributed by atoms with van der Waals surface area (Å²) in [5, 5.41) is 3.52. The lowest BCUT2D eigenvalue weighted by atomic mass is 10.1. The number of azide groups is 1. The van der Waals surface area contributed by atoms with Gasteiger partial charge < -0.3 is 0 Å². The van der Waals surface area contributed by atoms with Gasteiger partial charge in [0, 0.05) is 30.6 Å². The third-order valence-electron chi connectivity index (χ3n) is 2.60. The van der Waals surface area contributed by atoms with Crippen molar-refractivity contribution in [2.75, 3.05) is 18.0 Å². The van der Waals surface area contributed by atoms with Crippen LogP contribution < -0.4 is 4.90 Å². The molecule has 88 valence electrons. The third kappa shape index (κ3) is 2.67. The van der Waals surface area contributed by atoms with E-state index in [4.69, 9.17) is 5.53 Å². The van der Waals surface area contributed by atoms with Crippen LogP contribution in [0.3, 0.4) is 0 Å². The predicted molar refractivity (Wildman–Crippen MR) is 71.4 cm³/mol. The van der Waals surface area contributed by atoms with Crippen LogP contribution in [0.25, 0.3) is 10.4 Å². The first-order chi connectivity index (χ1) is 8.22. The van der Waals surface area contributed by atoms with Crippen LogP contribution in [0.1, 0.15) is 6.42 Å². The van der Waals surface area contributed by atoms with Gasteiger partial charge in [0.2, 0.25) is 5.91 Å². The number of carbonyl (C=O) groups is 1. The number of hydrogen-bond donors (Lipinski definition) is 0. The van der Waals surface area contributed by atoms with Crippen molar-refractivity contribution in [1.29, 1.82) is 0 Å². The highest BCUT2D eigenvalue weighted by Gasteiger charge is 2.31. The zero-order valence-corrected chi connectivity index (χ0v) is 11.1. The van der Waals surface area contributed by atoms with Crippen molar-refractivity contribution in [3.05, 3.63) is 32.3 Å². The summed E-state index contributed by atoms with van der Waals surface area (Å²) in [6, 6.07) is 3.75. The minimum absolute atomic E-state index is 0.0414. The van der Waals surface area contributed by atoms with Gasteiger partial charge in [-0.05, 0) is 46.2 Å². The standard InChI is InChI=1S/C10H10IN5O/c11-8-2-1-3-13-10(8)16-6-7(4-9(16)17)5-14-15-12/h1-3,7H,4-6H2. The number of aromatic nitrogens is 1. The number of pyridine rings is 1. The predicted octanol–water partition coefficient (Wildman–Crippen LogP) is 2.35. The van der Waals surface area contributed by atoms with E-state index in [1.807, 2.05) is 12.1 Å². The molecule has 0 N–H and O–H groups in total. The van der Waals surface area contributed by atoms with Gasteiger partial charge in [-0.15, -0.1) is 0 Å². The molecule has 1 amide bonds. The highest BCUT2D eigenvalue weighted by atomic mass is 127. The smallest absolute Gasteiger partial charge is 0.228 e. The molecule has 7 heteroatoms. The number of amides is 1. The molecule has 6 nitrogen and oxygen atoms in total. The molecule has 1 unspecified atom stereocenters. The van der Waals surface area contributed by atoms with Gasteiger partial charge >= 0.3 is 0 Å². The van der Waals surface area contributed by atoms with Crippen molar-refractivity contribution >= 4 is 34.3 Å². The van der Waals surface area contributed by atoms with Crippen LogP contribution >= 0.6 is 22.6 Å². The Morgan fingerprint density at radius 1 is 1.71 bits per heavy atom. The minimum atomic E-state index is 0.0414. The van der Waals surface area contributed by atoms with Crippen LogP contribution in [0.15, 0.2) is 23.4 Å². The molecule has 1 atom stereocenters. The second-order valence-corrected chi connectivity index (χ2v) is 4.96. The zero-order chi connectivity index (χ0) is 12.3. The van der Waals surface area contributed by atoms with Gasteiger partial charge in [0.1, 0.15) is 5.82 Å². The molecule has 1 saturated heterocycles. The van der Waals surface area contributed by atoms with Crippen LogP contribution in [0.2, 0.25) is 0 Å². The maximum absolute atomic E-state index is 11.8. The first-order valence-corrected chi connectivity index (χ1v) is 6.22. The van der Waals surface area contributed by atoms with E-state index < -0.39 is 0 Å². The van der Waals surface area contributed by atoms with E-state index in [2.05, 4.69) is 37.6 Å². The third-order valence-corrected chi connectivity index (χ3v) is 3.44. The summed E-state index contributed by atoms with van der Waals surface area (Å²) in [5.74, 6) is 0.831. The number of hydrogen-bond acceptors (Lipinski definition) is 3. The fourth-order valence-electron chi connectivity index (χ4n) is 1.84. The highest BCUT2D eigenvalue weighted by Crippen LogP contribution is 2.27. The topological polar surface area (TPSA) is 82.0 Å². The molecular weight excluding hydrogens is 333 g/mol. The Morgan fingerprint density at radius 2 is 2.53 bits per heavy atom. The van der Waals surface area contributed by atoms with Gasteiger partial charge in [-0.1, -0.05) is 5.11 Å². The second kappa shape index (κ2) is 5.33. The van der Waals surface area contributed by atoms with Gasteiger partial charge in [-0.2, -0.15) is 0 Å². The Morgan fingerprint density at radius 3 is 3.24 bits per heavy atom. The quantitative estimate of drug-likeness (QED) is 0.365. The van der Waals surface area contributed by atoms with E-state index in [9.17, 15) is 4.79 Å². The summed E-state index contributed by atoms with van der Waals surface area (Å²) in [6.07, 6.45) is 2.09. The molecule has 0 aliphatic carbocycles. The Balaban J connectivity index is 2.16. The Bertz CT molecular complexity index is 485. The zero-order valence-electron chi connectivity index (χ0n) is 8.95. The van der Waals surface area contributed by atoms with E-state index in [0.29, 0.717) is 25.3 Å². The first kappa shape index (κ1) is 12.1. The van der Waals surface area contributed by atoms with E-state index in [0.717, 1.165) is 3.57 Å². The number of carbonyl (C=O) groups excluding carboxylic acids is 1. The average Bonchev–Trinajstić information content (AvgIpc) is 2.68. The molecule has 0 spiro atoms. The average molecular weight is 343 g/mol. The van der Waals surface area contributed by atoms with E-state index in [-0.39, 0.29) is 11.8 Å². The number of halogens is 1. The van der Waals surface area contributed by atoms with E-state index in [1.54, 1.807) is 11.1 Å². The Kier molecular flexibility index (Phi) is 3.80. The van der Waals surface area contributed by atoms with Crippen LogP contribution in [0.4, 0.5) is 5.82 Å². The van der Waals surface area contributed by atoms with Crippen molar-refractivity contribution in [3.63, 3.8) is 0 Å². The molecule has 0 radical (unpaired) electrons. The van der Waals surface area contributed by atoms with E-state index >= 15 is 0 Å². The molecular formula is C10H10IN5O. The van der Waals surface area contributed by atoms with Crippen LogP contribution in [0.5, 0.6) is 0 Å². The lowest BCUT2D eigenvalue weighted by molar-refractivity contribution is -0.117. The highest BCUT2D eigenvalue weighted by molar-refractivity contribution is 14.1. The van der Waals surface area contributed by atoms with Gasteiger partial charge in [0.05, 0.1) is 3.57 Å². The van der Waals surface area contributed by atoms with Crippen molar-refractivity contribution in [1.82, 2.24) is 4.98 Å². The van der Waals surface area contributed by atoms with Crippen LogP contribution in [-0.2, 0) is 4.79 Å². The largest absolute Gasteiger partial charge is 0.296 e. The lowest BCUT2D eigenvalue weighted by Gasteiger charge is -2.16. The molecule has 1 aliphatic heterocycles. The SMILES string of the molecule is [N-]=[N+]=NCC1CC(=O)N(c2ncccc2I)C1. The molecule has 0 saturated carbocycles. The summed E-state index contributed by atoms with van der Waals surface area (Å²) >= 11 is 2.16. The summed E-state index contributed by atoms with van der Waals surface area (Å²) in [7, 11) is 0. The number of nitrogens with zero attached hydrogens (tertiary/aromatic N) is 5. The molecule has 0 aromatic carbocycles. The van der Waals surface area contributed by atoms with Crippen molar-refractivity contribution in [3.8, 4) is 0 Å². The van der Waals surface area contributed by atoms with Crippen molar-refractivity contribution in [2.24, 2.45) is 11.0 Å². The summed E-state index contributed by atoms with van der Waals surface area (Å²) in [5.41, 5.74) is 8.27. The fourth-order valence-corrected chi connectivity index (χ4v) is 2.47. The maximum atomic E-state index is 11.8. The number of rotatable bonds is 3. The summed E-state index contributed by atoms with van der Waals surface area (Å²) < 4.78 is 0.947. The lowest BCUT2D eigenvalue weighted by Crippen LogP contribution is -2.26. The molecule has 2 rings (SSSR count). The molecule has 2 heterocycles. The fraction of sp³-hybridized carbons (Fsp3) is 0.400. The van der Waals surface area contributed by atoms with Gasteiger partial charge in [0.25, 0.3) is 0 Å². The first-order valence-electron chi connectivity index (χ1n) is 5.14.